The smallest absolute Gasteiger partial charge is 0.362 e. The second kappa shape index (κ2) is 26.5. The van der Waals surface area contributed by atoms with Crippen molar-refractivity contribution in [1.29, 1.82) is 0 Å². The maximum absolute atomic E-state index is 12.6. The van der Waals surface area contributed by atoms with E-state index in [1.165, 1.54) is 70.6 Å². The molecule has 0 saturated heterocycles. The Kier molecular flexibility index (Phi) is 25.3. The van der Waals surface area contributed by atoms with Gasteiger partial charge in [-0.1, -0.05) is 110 Å². The van der Waals surface area contributed by atoms with Gasteiger partial charge in [0.1, 0.15) is 0 Å². The van der Waals surface area contributed by atoms with Crippen molar-refractivity contribution >= 4 is 17.9 Å². The van der Waals surface area contributed by atoms with Crippen molar-refractivity contribution in [1.82, 2.24) is 0 Å². The molecule has 0 aromatic heterocycles. The first-order valence-electron chi connectivity index (χ1n) is 17.9. The molecule has 0 saturated carbocycles. The van der Waals surface area contributed by atoms with Crippen LogP contribution in [0.3, 0.4) is 0 Å². The highest BCUT2D eigenvalue weighted by atomic mass is 16.4. The number of unbranched alkanes of at least 4 members (excludes halogenated alkanes) is 15. The summed E-state index contributed by atoms with van der Waals surface area (Å²) >= 11 is 0. The number of carboxylic acid groups (broad SMARTS) is 3. The first-order chi connectivity index (χ1) is 20.7. The lowest BCUT2D eigenvalue weighted by atomic mass is 9.91. The van der Waals surface area contributed by atoms with Crippen LogP contribution in [0.25, 0.3) is 0 Å². The van der Waals surface area contributed by atoms with Crippen molar-refractivity contribution in [3.63, 3.8) is 0 Å². The van der Waals surface area contributed by atoms with Crippen LogP contribution >= 0.6 is 0 Å². The van der Waals surface area contributed by atoms with Crippen LogP contribution in [0.2, 0.25) is 0 Å². The summed E-state index contributed by atoms with van der Waals surface area (Å²) in [5, 5.41) is 30.9. The molecule has 0 bridgehead atoms. The fourth-order valence-corrected chi connectivity index (χ4v) is 6.81. The molecule has 0 aliphatic heterocycles. The van der Waals surface area contributed by atoms with Gasteiger partial charge in [-0.05, 0) is 57.8 Å². The number of quaternary nitrogens is 1. The van der Waals surface area contributed by atoms with E-state index in [9.17, 15) is 29.7 Å². The van der Waals surface area contributed by atoms with Crippen LogP contribution in [0.15, 0.2) is 12.2 Å². The molecule has 0 aliphatic carbocycles. The monoisotopic (exact) mass is 611 g/mol. The summed E-state index contributed by atoms with van der Waals surface area (Å²) in [6, 6.07) is -3.14. The lowest BCUT2D eigenvalue weighted by Crippen LogP contribution is -2.72. The first kappa shape index (κ1) is 41.1. The van der Waals surface area contributed by atoms with E-state index < -0.39 is 36.0 Å². The van der Waals surface area contributed by atoms with Crippen LogP contribution in [-0.4, -0.2) is 62.4 Å². The zero-order valence-corrected chi connectivity index (χ0v) is 28.4. The van der Waals surface area contributed by atoms with Gasteiger partial charge in [-0.15, -0.1) is 0 Å². The molecule has 3 unspecified atom stereocenters. The predicted molar refractivity (Wildman–Crippen MR) is 177 cm³/mol. The van der Waals surface area contributed by atoms with E-state index in [0.717, 1.165) is 32.1 Å². The van der Waals surface area contributed by atoms with Crippen molar-refractivity contribution in [2.24, 2.45) is 0 Å². The maximum Gasteiger partial charge on any atom is 0.362 e. The Labute approximate surface area is 264 Å². The Morgan fingerprint density at radius 1 is 0.465 bits per heavy atom. The molecule has 0 radical (unpaired) electrons. The molecule has 0 aromatic carbocycles. The Bertz CT molecular complexity index is 692. The zero-order chi connectivity index (χ0) is 32.3. The molecule has 3 atom stereocenters. The minimum Gasteiger partial charge on any atom is -0.477 e. The molecule has 0 rings (SSSR count). The van der Waals surface area contributed by atoms with Crippen molar-refractivity contribution in [2.45, 2.75) is 193 Å². The van der Waals surface area contributed by atoms with Gasteiger partial charge in [0.15, 0.2) is 18.1 Å². The average molecular weight is 611 g/mol. The minimum absolute atomic E-state index is 0.268. The third kappa shape index (κ3) is 16.7. The topological polar surface area (TPSA) is 112 Å². The summed E-state index contributed by atoms with van der Waals surface area (Å²) in [4.78, 5) is 37.8. The van der Waals surface area contributed by atoms with E-state index in [2.05, 4.69) is 19.1 Å². The van der Waals surface area contributed by atoms with Gasteiger partial charge >= 0.3 is 17.9 Å². The number of allylic oxidation sites excluding steroid dienone is 2. The summed E-state index contributed by atoms with van der Waals surface area (Å²) in [5.74, 6) is -3.25. The van der Waals surface area contributed by atoms with E-state index in [-0.39, 0.29) is 30.3 Å². The van der Waals surface area contributed by atoms with Gasteiger partial charge in [-0.3, -0.25) is 4.48 Å². The highest BCUT2D eigenvalue weighted by molar-refractivity contribution is 5.78. The van der Waals surface area contributed by atoms with Gasteiger partial charge < -0.3 is 15.3 Å². The van der Waals surface area contributed by atoms with Crippen LogP contribution < -0.4 is 0 Å². The Balaban J connectivity index is 4.84. The van der Waals surface area contributed by atoms with Gasteiger partial charge in [-0.2, -0.15) is 0 Å². The van der Waals surface area contributed by atoms with Gasteiger partial charge in [0.05, 0.1) is 6.54 Å². The van der Waals surface area contributed by atoms with E-state index >= 15 is 0 Å². The summed E-state index contributed by atoms with van der Waals surface area (Å²) in [6.07, 6.45) is 27.4. The molecule has 43 heavy (non-hydrogen) atoms. The molecule has 0 heterocycles. The highest BCUT2D eigenvalue weighted by Crippen LogP contribution is 2.34. The third-order valence-electron chi connectivity index (χ3n) is 9.09. The minimum atomic E-state index is -1.08. The van der Waals surface area contributed by atoms with Gasteiger partial charge in [-0.25, -0.2) is 14.4 Å². The van der Waals surface area contributed by atoms with Crippen LogP contribution in [0.4, 0.5) is 0 Å². The van der Waals surface area contributed by atoms with Gasteiger partial charge in [0.25, 0.3) is 0 Å². The molecule has 0 aromatic rings. The van der Waals surface area contributed by atoms with Crippen LogP contribution in [0.1, 0.15) is 175 Å². The SMILES string of the molecule is CCCCCCCCC/C=C/CCCCCCCCCC[N+](C(CCC)C(=O)O)(C(CCC)C(=O)O)C(CCC)C(=O)O. The second-order valence-electron chi connectivity index (χ2n) is 12.6. The van der Waals surface area contributed by atoms with Crippen LogP contribution in [0, 0.1) is 0 Å². The fourth-order valence-electron chi connectivity index (χ4n) is 6.81. The number of rotatable bonds is 31. The zero-order valence-electron chi connectivity index (χ0n) is 28.4. The molecule has 252 valence electrons. The van der Waals surface area contributed by atoms with E-state index in [1.807, 2.05) is 20.8 Å². The Hall–Kier alpha value is -1.89. The summed E-state index contributed by atoms with van der Waals surface area (Å²) < 4.78 is -0.373. The third-order valence-corrected chi connectivity index (χ3v) is 9.09. The molecule has 0 aliphatic rings. The highest BCUT2D eigenvalue weighted by Gasteiger charge is 2.56. The first-order valence-corrected chi connectivity index (χ1v) is 17.9. The molecule has 0 spiro atoms. The summed E-state index contributed by atoms with van der Waals surface area (Å²) in [5.41, 5.74) is 0. The van der Waals surface area contributed by atoms with Crippen LogP contribution in [-0.2, 0) is 14.4 Å². The largest absolute Gasteiger partial charge is 0.477 e. The fraction of sp³-hybridized carbons (Fsp3) is 0.861. The predicted octanol–water partition coefficient (Wildman–Crippen LogP) is 9.77. The van der Waals surface area contributed by atoms with Gasteiger partial charge in [0.2, 0.25) is 0 Å². The number of carbonyl (C=O) groups is 3. The lowest BCUT2D eigenvalue weighted by molar-refractivity contribution is -0.973. The molecule has 7 heteroatoms. The number of hydrogen-bond donors (Lipinski definition) is 3. The number of nitrogens with zero attached hydrogens (tertiary/aromatic N) is 1. The average Bonchev–Trinajstić information content (AvgIpc) is 2.97. The molecular weight excluding hydrogens is 542 g/mol. The summed E-state index contributed by atoms with van der Waals surface area (Å²) in [7, 11) is 0. The van der Waals surface area contributed by atoms with Crippen LogP contribution in [0.5, 0.6) is 0 Å². The van der Waals surface area contributed by atoms with E-state index in [0.29, 0.717) is 25.7 Å². The molecule has 3 N–H and O–H groups in total. The number of hydrogen-bond acceptors (Lipinski definition) is 3. The standard InChI is InChI=1S/C36H67NO6/c1-5-9-10-11-12-13-14-15-16-17-18-19-20-21-22-23-24-25-26-30-37(31(27-6-2)34(38)39,32(28-7-3)35(40)41)33(29-8-4)36(42)43/h16-17,31-33H,5-15,18-30H2,1-4H3,(H2-,38,39,40,41,42,43)/p+1/b17-16+. The van der Waals surface area contributed by atoms with Crippen molar-refractivity contribution in [3.05, 3.63) is 12.2 Å². The number of carboxylic acids is 3. The van der Waals surface area contributed by atoms with Crippen molar-refractivity contribution < 1.29 is 34.2 Å². The van der Waals surface area contributed by atoms with E-state index in [4.69, 9.17) is 0 Å². The molecule has 0 amide bonds. The van der Waals surface area contributed by atoms with Crippen molar-refractivity contribution in [2.75, 3.05) is 6.54 Å². The quantitative estimate of drug-likeness (QED) is 0.0409. The molecule has 7 nitrogen and oxygen atoms in total. The normalized spacial score (nSPS) is 15.3. The molecule has 0 fully saturated rings. The Morgan fingerprint density at radius 2 is 0.767 bits per heavy atom. The summed E-state index contributed by atoms with van der Waals surface area (Å²) in [6.45, 7) is 8.17. The van der Waals surface area contributed by atoms with Gasteiger partial charge in [0, 0.05) is 19.3 Å². The lowest BCUT2D eigenvalue weighted by Gasteiger charge is -2.50. The van der Waals surface area contributed by atoms with E-state index in [1.54, 1.807) is 0 Å². The Morgan fingerprint density at radius 3 is 1.07 bits per heavy atom. The second-order valence-corrected chi connectivity index (χ2v) is 12.6. The number of aliphatic carboxylic acids is 3. The maximum atomic E-state index is 12.6. The van der Waals surface area contributed by atoms with Crippen molar-refractivity contribution in [3.8, 4) is 0 Å². The molecular formula is C36H68NO6+.